The molecule has 0 saturated carbocycles. The van der Waals surface area contributed by atoms with Crippen LogP contribution in [0.15, 0.2) is 54.6 Å². The van der Waals surface area contributed by atoms with Gasteiger partial charge < -0.3 is 5.32 Å². The number of halogens is 1. The SMILES string of the molecule is CNCCCC1(c2ccccc2)CC(C)(C)c2ccccc21.Cl. The van der Waals surface area contributed by atoms with Crippen molar-refractivity contribution in [2.75, 3.05) is 13.6 Å². The lowest BCUT2D eigenvalue weighted by atomic mass is 9.70. The van der Waals surface area contributed by atoms with Gasteiger partial charge in [-0.2, -0.15) is 0 Å². The van der Waals surface area contributed by atoms with E-state index < -0.39 is 0 Å². The van der Waals surface area contributed by atoms with Crippen molar-refractivity contribution in [2.45, 2.75) is 43.9 Å². The summed E-state index contributed by atoms with van der Waals surface area (Å²) < 4.78 is 0. The fourth-order valence-electron chi connectivity index (χ4n) is 4.38. The zero-order valence-electron chi connectivity index (χ0n) is 14.4. The molecule has 0 aliphatic heterocycles. The van der Waals surface area contributed by atoms with Gasteiger partial charge in [-0.3, -0.25) is 0 Å². The summed E-state index contributed by atoms with van der Waals surface area (Å²) in [4.78, 5) is 0. The second kappa shape index (κ2) is 7.07. The van der Waals surface area contributed by atoms with Crippen molar-refractivity contribution in [1.82, 2.24) is 5.32 Å². The first-order valence-electron chi connectivity index (χ1n) is 8.40. The Morgan fingerprint density at radius 2 is 1.52 bits per heavy atom. The fraction of sp³-hybridized carbons (Fsp3) is 0.429. The molecular weight excluding hydrogens is 302 g/mol. The molecule has 2 aromatic carbocycles. The van der Waals surface area contributed by atoms with Crippen LogP contribution in [0.3, 0.4) is 0 Å². The predicted molar refractivity (Wildman–Crippen MR) is 102 cm³/mol. The van der Waals surface area contributed by atoms with Crippen LogP contribution in [0.5, 0.6) is 0 Å². The normalized spacial score (nSPS) is 21.5. The zero-order chi connectivity index (χ0) is 15.6. The maximum atomic E-state index is 3.31. The predicted octanol–water partition coefficient (Wildman–Crippen LogP) is 5.08. The topological polar surface area (TPSA) is 12.0 Å². The van der Waals surface area contributed by atoms with Gasteiger partial charge in [0.15, 0.2) is 0 Å². The van der Waals surface area contributed by atoms with E-state index in [1.54, 1.807) is 5.56 Å². The summed E-state index contributed by atoms with van der Waals surface area (Å²) in [5, 5.41) is 3.31. The van der Waals surface area contributed by atoms with E-state index in [0.29, 0.717) is 0 Å². The summed E-state index contributed by atoms with van der Waals surface area (Å²) >= 11 is 0. The van der Waals surface area contributed by atoms with Crippen molar-refractivity contribution < 1.29 is 0 Å². The van der Waals surface area contributed by atoms with Crippen LogP contribution in [0.2, 0.25) is 0 Å². The Hall–Kier alpha value is -1.31. The average molecular weight is 330 g/mol. The van der Waals surface area contributed by atoms with Gasteiger partial charge in [-0.15, -0.1) is 12.4 Å². The highest BCUT2D eigenvalue weighted by Gasteiger charge is 2.47. The molecule has 1 aliphatic rings. The highest BCUT2D eigenvalue weighted by atomic mass is 35.5. The number of fused-ring (bicyclic) bond motifs is 1. The average Bonchev–Trinajstić information content (AvgIpc) is 2.78. The van der Waals surface area contributed by atoms with Crippen LogP contribution in [0.1, 0.15) is 49.8 Å². The van der Waals surface area contributed by atoms with E-state index in [4.69, 9.17) is 0 Å². The van der Waals surface area contributed by atoms with Crippen LogP contribution < -0.4 is 5.32 Å². The number of rotatable bonds is 5. The van der Waals surface area contributed by atoms with Gasteiger partial charge >= 0.3 is 0 Å². The van der Waals surface area contributed by atoms with E-state index in [-0.39, 0.29) is 23.2 Å². The molecular formula is C21H28ClN. The first kappa shape index (κ1) is 18.0. The minimum absolute atomic E-state index is 0. The molecule has 23 heavy (non-hydrogen) atoms. The summed E-state index contributed by atoms with van der Waals surface area (Å²) in [5.74, 6) is 0. The van der Waals surface area contributed by atoms with Crippen LogP contribution in [0.4, 0.5) is 0 Å². The van der Waals surface area contributed by atoms with Gasteiger partial charge in [-0.05, 0) is 55.0 Å². The molecule has 1 nitrogen and oxygen atoms in total. The third kappa shape index (κ3) is 3.18. The summed E-state index contributed by atoms with van der Waals surface area (Å²) in [6.07, 6.45) is 3.61. The second-order valence-electron chi connectivity index (χ2n) is 7.26. The maximum Gasteiger partial charge on any atom is 0.0214 e. The minimum Gasteiger partial charge on any atom is -0.320 e. The molecule has 1 unspecified atom stereocenters. The van der Waals surface area contributed by atoms with E-state index in [1.807, 2.05) is 7.05 Å². The highest BCUT2D eigenvalue weighted by Crippen LogP contribution is 2.54. The Kier molecular flexibility index (Phi) is 5.54. The minimum atomic E-state index is 0. The molecule has 3 rings (SSSR count). The van der Waals surface area contributed by atoms with Gasteiger partial charge in [0, 0.05) is 5.41 Å². The summed E-state index contributed by atoms with van der Waals surface area (Å²) in [7, 11) is 2.04. The van der Waals surface area contributed by atoms with E-state index in [0.717, 1.165) is 6.54 Å². The standard InChI is InChI=1S/C21H27N.ClH/c1-20(2)16-21(14-9-15-22-3,17-10-5-4-6-11-17)19-13-8-7-12-18(19)20;/h4-8,10-13,22H,9,14-16H2,1-3H3;1H. The molecule has 124 valence electrons. The number of hydrogen-bond donors (Lipinski definition) is 1. The van der Waals surface area contributed by atoms with Gasteiger partial charge in [0.25, 0.3) is 0 Å². The van der Waals surface area contributed by atoms with Crippen LogP contribution >= 0.6 is 12.4 Å². The third-order valence-corrected chi connectivity index (χ3v) is 5.27. The summed E-state index contributed by atoms with van der Waals surface area (Å²) in [6.45, 7) is 5.88. The Balaban J connectivity index is 0.00000192. The summed E-state index contributed by atoms with van der Waals surface area (Å²) in [5.41, 5.74) is 4.96. The number of nitrogens with one attached hydrogen (secondary N) is 1. The van der Waals surface area contributed by atoms with E-state index in [2.05, 4.69) is 73.8 Å². The van der Waals surface area contributed by atoms with Crippen LogP contribution in [-0.2, 0) is 10.8 Å². The van der Waals surface area contributed by atoms with E-state index in [1.165, 1.54) is 30.4 Å². The van der Waals surface area contributed by atoms with Gasteiger partial charge in [0.05, 0.1) is 0 Å². The lowest BCUT2D eigenvalue weighted by Crippen LogP contribution is -2.28. The van der Waals surface area contributed by atoms with Crippen LogP contribution in [0.25, 0.3) is 0 Å². The molecule has 1 N–H and O–H groups in total. The molecule has 1 atom stereocenters. The first-order valence-corrected chi connectivity index (χ1v) is 8.40. The molecule has 0 bridgehead atoms. The molecule has 1 aliphatic carbocycles. The molecule has 2 aromatic rings. The fourth-order valence-corrected chi connectivity index (χ4v) is 4.38. The Labute approximate surface area is 146 Å². The van der Waals surface area contributed by atoms with Crippen LogP contribution in [-0.4, -0.2) is 13.6 Å². The molecule has 0 radical (unpaired) electrons. The smallest absolute Gasteiger partial charge is 0.0214 e. The van der Waals surface area contributed by atoms with Gasteiger partial charge in [0.2, 0.25) is 0 Å². The van der Waals surface area contributed by atoms with Crippen molar-refractivity contribution >= 4 is 12.4 Å². The third-order valence-electron chi connectivity index (χ3n) is 5.27. The van der Waals surface area contributed by atoms with Gasteiger partial charge in [0.1, 0.15) is 0 Å². The lowest BCUT2D eigenvalue weighted by Gasteiger charge is -2.33. The largest absolute Gasteiger partial charge is 0.320 e. The first-order chi connectivity index (χ1) is 10.6. The van der Waals surface area contributed by atoms with Crippen LogP contribution in [0, 0.1) is 0 Å². The molecule has 0 saturated heterocycles. The Morgan fingerprint density at radius 3 is 2.17 bits per heavy atom. The molecule has 0 spiro atoms. The number of benzene rings is 2. The Bertz CT molecular complexity index is 635. The monoisotopic (exact) mass is 329 g/mol. The highest BCUT2D eigenvalue weighted by molar-refractivity contribution is 5.85. The maximum absolute atomic E-state index is 3.31. The van der Waals surface area contributed by atoms with Crippen molar-refractivity contribution in [3.05, 3.63) is 71.3 Å². The van der Waals surface area contributed by atoms with E-state index in [9.17, 15) is 0 Å². The van der Waals surface area contributed by atoms with Gasteiger partial charge in [-0.25, -0.2) is 0 Å². The van der Waals surface area contributed by atoms with Crippen molar-refractivity contribution in [1.29, 1.82) is 0 Å². The Morgan fingerprint density at radius 1 is 0.913 bits per heavy atom. The molecule has 0 heterocycles. The molecule has 0 amide bonds. The van der Waals surface area contributed by atoms with Crippen molar-refractivity contribution in [2.24, 2.45) is 0 Å². The molecule has 2 heteroatoms. The quantitative estimate of drug-likeness (QED) is 0.755. The molecule has 0 fully saturated rings. The number of hydrogen-bond acceptors (Lipinski definition) is 1. The summed E-state index contributed by atoms with van der Waals surface area (Å²) in [6, 6.07) is 20.2. The van der Waals surface area contributed by atoms with Gasteiger partial charge in [-0.1, -0.05) is 68.4 Å². The van der Waals surface area contributed by atoms with Crippen molar-refractivity contribution in [3.63, 3.8) is 0 Å². The lowest BCUT2D eigenvalue weighted by molar-refractivity contribution is 0.371. The van der Waals surface area contributed by atoms with Crippen molar-refractivity contribution in [3.8, 4) is 0 Å². The zero-order valence-corrected chi connectivity index (χ0v) is 15.2. The van der Waals surface area contributed by atoms with E-state index >= 15 is 0 Å². The second-order valence-corrected chi connectivity index (χ2v) is 7.26. The molecule has 0 aromatic heterocycles.